The normalized spacial score (nSPS) is 20.4. The monoisotopic (exact) mass is 338 g/mol. The van der Waals surface area contributed by atoms with Crippen molar-refractivity contribution in [3.8, 4) is 12.3 Å². The molecule has 1 aromatic rings. The molecule has 1 unspecified atom stereocenters. The summed E-state index contributed by atoms with van der Waals surface area (Å²) in [6.45, 7) is 0.511. The lowest BCUT2D eigenvalue weighted by molar-refractivity contribution is -0.123. The molecule has 0 bridgehead atoms. The topological polar surface area (TPSA) is 82.9 Å². The first-order valence-corrected chi connectivity index (χ1v) is 8.67. The summed E-state index contributed by atoms with van der Waals surface area (Å²) in [7, 11) is 0. The number of amides is 2. The van der Waals surface area contributed by atoms with Crippen LogP contribution in [0.5, 0.6) is 0 Å². The highest BCUT2D eigenvalue weighted by Gasteiger charge is 2.38. The van der Waals surface area contributed by atoms with Gasteiger partial charge in [-0.1, -0.05) is 12.1 Å². The highest BCUT2D eigenvalue weighted by molar-refractivity contribution is 5.94. The van der Waals surface area contributed by atoms with E-state index in [1.807, 2.05) is 12.1 Å². The summed E-state index contributed by atoms with van der Waals surface area (Å²) in [5, 5.41) is 14.0. The maximum atomic E-state index is 12.2. The van der Waals surface area contributed by atoms with Crippen molar-refractivity contribution >= 4 is 11.8 Å². The second kappa shape index (κ2) is 7.47. The highest BCUT2D eigenvalue weighted by atomic mass is 16.2. The van der Waals surface area contributed by atoms with Gasteiger partial charge < -0.3 is 10.6 Å². The van der Waals surface area contributed by atoms with E-state index in [0.717, 1.165) is 24.8 Å². The molecule has 0 aliphatic carbocycles. The van der Waals surface area contributed by atoms with Gasteiger partial charge in [0.05, 0.1) is 6.04 Å². The molecular formula is C19H22N4O2. The Morgan fingerprint density at radius 3 is 2.72 bits per heavy atom. The van der Waals surface area contributed by atoms with Crippen LogP contribution in [0, 0.1) is 12.3 Å². The van der Waals surface area contributed by atoms with Gasteiger partial charge in [-0.05, 0) is 30.5 Å². The van der Waals surface area contributed by atoms with E-state index in [2.05, 4.69) is 26.8 Å². The number of terminal acetylenes is 1. The zero-order valence-corrected chi connectivity index (χ0v) is 14.1. The smallest absolute Gasteiger partial charge is 0.251 e. The van der Waals surface area contributed by atoms with Gasteiger partial charge in [-0.2, -0.15) is 10.2 Å². The number of nitrogens with zero attached hydrogens (tertiary/aromatic N) is 2. The molecule has 2 aliphatic rings. The lowest BCUT2D eigenvalue weighted by Gasteiger charge is -2.23. The van der Waals surface area contributed by atoms with Gasteiger partial charge in [-0.25, -0.2) is 0 Å². The number of rotatable bonds is 7. The fourth-order valence-electron chi connectivity index (χ4n) is 3.07. The summed E-state index contributed by atoms with van der Waals surface area (Å²) in [5.41, 5.74) is 1.27. The third-order valence-electron chi connectivity index (χ3n) is 4.67. The van der Waals surface area contributed by atoms with Crippen molar-refractivity contribution in [3.63, 3.8) is 0 Å². The minimum Gasteiger partial charge on any atom is -0.352 e. The Labute approximate surface area is 147 Å². The van der Waals surface area contributed by atoms with Crippen molar-refractivity contribution in [3.05, 3.63) is 35.4 Å². The first kappa shape index (κ1) is 17.2. The third kappa shape index (κ3) is 4.44. The fraction of sp³-hybridized carbons (Fsp3) is 0.474. The van der Waals surface area contributed by atoms with Gasteiger partial charge >= 0.3 is 0 Å². The van der Waals surface area contributed by atoms with Crippen molar-refractivity contribution in [1.29, 1.82) is 0 Å². The highest BCUT2D eigenvalue weighted by Crippen LogP contribution is 2.36. The molecule has 1 aromatic carbocycles. The van der Waals surface area contributed by atoms with Gasteiger partial charge in [0.25, 0.3) is 5.91 Å². The molecule has 1 saturated heterocycles. The Kier molecular flexibility index (Phi) is 5.13. The van der Waals surface area contributed by atoms with E-state index in [0.29, 0.717) is 31.4 Å². The summed E-state index contributed by atoms with van der Waals surface area (Å²) in [6, 6.07) is 7.46. The molecular weight excluding hydrogens is 316 g/mol. The van der Waals surface area contributed by atoms with E-state index in [9.17, 15) is 9.59 Å². The third-order valence-corrected chi connectivity index (χ3v) is 4.67. The number of carbonyl (C=O) groups excluding carboxylic acids is 2. The van der Waals surface area contributed by atoms with Crippen molar-refractivity contribution < 1.29 is 9.59 Å². The van der Waals surface area contributed by atoms with Crippen LogP contribution in [-0.4, -0.2) is 24.0 Å². The van der Waals surface area contributed by atoms with Crippen LogP contribution in [0.2, 0.25) is 0 Å². The second-order valence-corrected chi connectivity index (χ2v) is 6.53. The lowest BCUT2D eigenvalue weighted by Crippen LogP contribution is -2.32. The summed E-state index contributed by atoms with van der Waals surface area (Å²) < 4.78 is 0. The molecule has 0 spiro atoms. The maximum absolute atomic E-state index is 12.2. The summed E-state index contributed by atoms with van der Waals surface area (Å²) >= 11 is 0. The van der Waals surface area contributed by atoms with Crippen molar-refractivity contribution in [1.82, 2.24) is 10.6 Å². The van der Waals surface area contributed by atoms with Gasteiger partial charge in [0, 0.05) is 37.8 Å². The summed E-state index contributed by atoms with van der Waals surface area (Å²) in [4.78, 5) is 23.7. The van der Waals surface area contributed by atoms with E-state index in [-0.39, 0.29) is 23.5 Å². The molecule has 0 saturated carbocycles. The first-order valence-electron chi connectivity index (χ1n) is 8.67. The average Bonchev–Trinajstić information content (AvgIpc) is 3.40. The number of nitrogens with one attached hydrogen (secondary N) is 2. The zero-order chi connectivity index (χ0) is 17.7. The number of hydrogen-bond donors (Lipinski definition) is 2. The molecule has 6 nitrogen and oxygen atoms in total. The van der Waals surface area contributed by atoms with Crippen LogP contribution < -0.4 is 10.6 Å². The van der Waals surface area contributed by atoms with Gasteiger partial charge in [0.1, 0.15) is 0 Å². The largest absolute Gasteiger partial charge is 0.352 e. The minimum absolute atomic E-state index is 0.0486. The number of piperidine rings is 1. The fourth-order valence-corrected chi connectivity index (χ4v) is 3.07. The molecule has 0 radical (unpaired) electrons. The van der Waals surface area contributed by atoms with Gasteiger partial charge in [0.15, 0.2) is 5.66 Å². The van der Waals surface area contributed by atoms with Crippen LogP contribution in [-0.2, 0) is 4.79 Å². The van der Waals surface area contributed by atoms with Crippen molar-refractivity contribution in [2.24, 2.45) is 10.2 Å². The Balaban J connectivity index is 1.48. The molecule has 1 fully saturated rings. The predicted molar refractivity (Wildman–Crippen MR) is 93.8 cm³/mol. The molecule has 1 atom stereocenters. The number of benzene rings is 1. The minimum atomic E-state index is -0.372. The molecule has 6 heteroatoms. The van der Waals surface area contributed by atoms with Crippen LogP contribution in [0.1, 0.15) is 60.5 Å². The number of hydrogen-bond acceptors (Lipinski definition) is 4. The Bertz CT molecular complexity index is 712. The van der Waals surface area contributed by atoms with Crippen LogP contribution in [0.15, 0.2) is 34.5 Å². The predicted octanol–water partition coefficient (Wildman–Crippen LogP) is 2.72. The van der Waals surface area contributed by atoms with Crippen molar-refractivity contribution in [2.75, 3.05) is 6.54 Å². The van der Waals surface area contributed by atoms with E-state index < -0.39 is 0 Å². The van der Waals surface area contributed by atoms with Gasteiger partial charge in [0.2, 0.25) is 5.91 Å². The SMILES string of the molecule is C#CCCC1(CCNC(=O)c2ccc(C3CCCC(=O)N3)cc2)N=N1. The van der Waals surface area contributed by atoms with Crippen LogP contribution in [0.4, 0.5) is 0 Å². The molecule has 2 amide bonds. The summed E-state index contributed by atoms with van der Waals surface area (Å²) in [6.07, 6.45) is 9.74. The van der Waals surface area contributed by atoms with E-state index in [1.165, 1.54) is 0 Å². The number of carbonyl (C=O) groups is 2. The Hall–Kier alpha value is -2.68. The molecule has 25 heavy (non-hydrogen) atoms. The molecule has 2 N–H and O–H groups in total. The Morgan fingerprint density at radius 1 is 1.32 bits per heavy atom. The van der Waals surface area contributed by atoms with Gasteiger partial charge in [-0.15, -0.1) is 12.3 Å². The van der Waals surface area contributed by atoms with E-state index in [1.54, 1.807) is 12.1 Å². The molecule has 130 valence electrons. The Morgan fingerprint density at radius 2 is 2.08 bits per heavy atom. The maximum Gasteiger partial charge on any atom is 0.251 e. The average molecular weight is 338 g/mol. The van der Waals surface area contributed by atoms with Crippen LogP contribution >= 0.6 is 0 Å². The van der Waals surface area contributed by atoms with Gasteiger partial charge in [-0.3, -0.25) is 9.59 Å². The first-order chi connectivity index (χ1) is 12.1. The summed E-state index contributed by atoms with van der Waals surface area (Å²) in [5.74, 6) is 2.56. The quantitative estimate of drug-likeness (QED) is 0.749. The second-order valence-electron chi connectivity index (χ2n) is 6.53. The molecule has 2 heterocycles. The standard InChI is InChI=1S/C19H22N4O2/c1-2-3-11-19(22-23-19)12-13-20-18(25)15-9-7-14(8-10-15)16-5-4-6-17(24)21-16/h1,7-10,16H,3-6,11-13H2,(H,20,25)(H,21,24). The van der Waals surface area contributed by atoms with Crippen LogP contribution in [0.25, 0.3) is 0 Å². The van der Waals surface area contributed by atoms with E-state index in [4.69, 9.17) is 6.42 Å². The molecule has 2 aliphatic heterocycles. The molecule has 0 aromatic heterocycles. The molecule has 3 rings (SSSR count). The zero-order valence-electron chi connectivity index (χ0n) is 14.1. The van der Waals surface area contributed by atoms with E-state index >= 15 is 0 Å². The van der Waals surface area contributed by atoms with Crippen LogP contribution in [0.3, 0.4) is 0 Å². The lowest BCUT2D eigenvalue weighted by atomic mass is 9.96. The van der Waals surface area contributed by atoms with Crippen molar-refractivity contribution in [2.45, 2.75) is 50.2 Å².